The maximum Gasteiger partial charge on any atom is 0.251 e. The number of anilines is 2. The van der Waals surface area contributed by atoms with Crippen LogP contribution in [0.1, 0.15) is 18.2 Å². The van der Waals surface area contributed by atoms with Crippen LogP contribution in [0.25, 0.3) is 11.1 Å². The highest BCUT2D eigenvalue weighted by atomic mass is 16.5. The van der Waals surface area contributed by atoms with Crippen molar-refractivity contribution in [1.29, 1.82) is 0 Å². The zero-order valence-corrected chi connectivity index (χ0v) is 16.9. The Hall–Kier alpha value is -3.81. The summed E-state index contributed by atoms with van der Waals surface area (Å²) in [6.07, 6.45) is -0.0137. The molecule has 8 nitrogen and oxygen atoms in total. The van der Waals surface area contributed by atoms with Crippen molar-refractivity contribution < 1.29 is 19.1 Å². The molecular formula is C22H22N4O4. The average molecular weight is 406 g/mol. The number of aryl methyl sites for hydroxylation is 1. The first-order chi connectivity index (χ1) is 14.5. The number of fused-ring (bicyclic) bond motifs is 1. The standard InChI is InChI=1S/C22H22N4O4/c1-13-20(14-9-10-17(29-2)18(11-14)30-3)21-24-22(28)16(26(21)25-13)12-19(27)23-15-7-5-4-6-8-15/h4-11,16H,12H2,1-3H3,(H,23,27)(H,24,28). The number of nitrogens with one attached hydrogen (secondary N) is 2. The normalized spacial score (nSPS) is 14.8. The fourth-order valence-corrected chi connectivity index (χ4v) is 3.63. The van der Waals surface area contributed by atoms with Gasteiger partial charge in [-0.3, -0.25) is 9.59 Å². The molecule has 1 aromatic heterocycles. The van der Waals surface area contributed by atoms with Crippen molar-refractivity contribution in [3.63, 3.8) is 0 Å². The van der Waals surface area contributed by atoms with Crippen molar-refractivity contribution in [2.75, 3.05) is 24.9 Å². The molecule has 0 bridgehead atoms. The lowest BCUT2D eigenvalue weighted by molar-refractivity contribution is -0.123. The van der Waals surface area contributed by atoms with E-state index in [9.17, 15) is 9.59 Å². The monoisotopic (exact) mass is 406 g/mol. The molecule has 3 aromatic rings. The summed E-state index contributed by atoms with van der Waals surface area (Å²) in [6, 6.07) is 13.9. The van der Waals surface area contributed by atoms with Gasteiger partial charge in [-0.1, -0.05) is 24.3 Å². The topological polar surface area (TPSA) is 94.5 Å². The summed E-state index contributed by atoms with van der Waals surface area (Å²) in [6.45, 7) is 1.87. The van der Waals surface area contributed by atoms with E-state index in [-0.39, 0.29) is 18.2 Å². The van der Waals surface area contributed by atoms with Gasteiger partial charge in [0.05, 0.1) is 26.3 Å². The van der Waals surface area contributed by atoms with E-state index in [2.05, 4.69) is 15.7 Å². The maximum absolute atomic E-state index is 12.6. The van der Waals surface area contributed by atoms with Gasteiger partial charge in [-0.25, -0.2) is 4.68 Å². The first-order valence-electron chi connectivity index (χ1n) is 9.49. The molecule has 1 aliphatic rings. The minimum atomic E-state index is -0.712. The predicted molar refractivity (Wildman–Crippen MR) is 113 cm³/mol. The van der Waals surface area contributed by atoms with Gasteiger partial charge in [-0.15, -0.1) is 0 Å². The molecule has 1 aliphatic heterocycles. The number of amides is 2. The Morgan fingerprint density at radius 1 is 1.13 bits per heavy atom. The van der Waals surface area contributed by atoms with Gasteiger partial charge in [0.1, 0.15) is 11.9 Å². The molecule has 154 valence electrons. The number of ether oxygens (including phenoxy) is 2. The van der Waals surface area contributed by atoms with E-state index in [0.717, 1.165) is 16.8 Å². The third-order valence-electron chi connectivity index (χ3n) is 5.03. The zero-order valence-electron chi connectivity index (χ0n) is 16.9. The van der Waals surface area contributed by atoms with E-state index in [1.807, 2.05) is 37.3 Å². The second-order valence-electron chi connectivity index (χ2n) is 6.95. The van der Waals surface area contributed by atoms with Crippen molar-refractivity contribution in [1.82, 2.24) is 9.78 Å². The van der Waals surface area contributed by atoms with Gasteiger partial charge in [-0.2, -0.15) is 5.10 Å². The van der Waals surface area contributed by atoms with Crippen LogP contribution >= 0.6 is 0 Å². The van der Waals surface area contributed by atoms with Crippen LogP contribution in [-0.2, 0) is 9.59 Å². The van der Waals surface area contributed by atoms with E-state index in [4.69, 9.17) is 9.47 Å². The number of methoxy groups -OCH3 is 2. The minimum Gasteiger partial charge on any atom is -0.493 e. The van der Waals surface area contributed by atoms with Gasteiger partial charge < -0.3 is 20.1 Å². The van der Waals surface area contributed by atoms with E-state index < -0.39 is 6.04 Å². The highest BCUT2D eigenvalue weighted by Crippen LogP contribution is 2.41. The zero-order chi connectivity index (χ0) is 21.3. The molecule has 2 heterocycles. The van der Waals surface area contributed by atoms with Crippen molar-refractivity contribution in [2.45, 2.75) is 19.4 Å². The summed E-state index contributed by atoms with van der Waals surface area (Å²) in [7, 11) is 3.14. The molecule has 1 atom stereocenters. The number of hydrogen-bond acceptors (Lipinski definition) is 5. The Kier molecular flexibility index (Phi) is 5.14. The van der Waals surface area contributed by atoms with Crippen molar-refractivity contribution in [2.24, 2.45) is 0 Å². The lowest BCUT2D eigenvalue weighted by atomic mass is 10.1. The molecule has 8 heteroatoms. The van der Waals surface area contributed by atoms with Crippen molar-refractivity contribution in [3.8, 4) is 22.6 Å². The van der Waals surface area contributed by atoms with Crippen LogP contribution in [0.2, 0.25) is 0 Å². The number of hydrogen-bond donors (Lipinski definition) is 2. The second kappa shape index (κ2) is 7.90. The van der Waals surface area contributed by atoms with Crippen molar-refractivity contribution >= 4 is 23.3 Å². The molecule has 4 rings (SSSR count). The number of aromatic nitrogens is 2. The molecule has 0 spiro atoms. The summed E-state index contributed by atoms with van der Waals surface area (Å²) < 4.78 is 12.3. The molecule has 2 N–H and O–H groups in total. The van der Waals surface area contributed by atoms with Gasteiger partial charge in [0.15, 0.2) is 11.5 Å². The molecule has 2 aromatic carbocycles. The van der Waals surface area contributed by atoms with Gasteiger partial charge >= 0.3 is 0 Å². The first-order valence-corrected chi connectivity index (χ1v) is 9.49. The van der Waals surface area contributed by atoms with Crippen molar-refractivity contribution in [3.05, 3.63) is 54.2 Å². The Bertz CT molecular complexity index is 1110. The first kappa shape index (κ1) is 19.5. The van der Waals surface area contributed by atoms with E-state index >= 15 is 0 Å². The molecular weight excluding hydrogens is 384 g/mol. The van der Waals surface area contributed by atoms with Crippen LogP contribution in [0.3, 0.4) is 0 Å². The molecule has 1 unspecified atom stereocenters. The maximum atomic E-state index is 12.6. The fourth-order valence-electron chi connectivity index (χ4n) is 3.63. The third kappa shape index (κ3) is 3.47. The van der Waals surface area contributed by atoms with Crippen LogP contribution in [0.15, 0.2) is 48.5 Å². The fraction of sp³-hybridized carbons (Fsp3) is 0.227. The van der Waals surface area contributed by atoms with Crippen LogP contribution < -0.4 is 20.1 Å². The van der Waals surface area contributed by atoms with E-state index in [0.29, 0.717) is 23.0 Å². The molecule has 2 amide bonds. The van der Waals surface area contributed by atoms with E-state index in [1.54, 1.807) is 37.1 Å². The quantitative estimate of drug-likeness (QED) is 0.654. The van der Waals surface area contributed by atoms with Crippen LogP contribution in [0.5, 0.6) is 11.5 Å². The summed E-state index contributed by atoms with van der Waals surface area (Å²) in [5.74, 6) is 1.25. The Balaban J connectivity index is 1.62. The molecule has 0 radical (unpaired) electrons. The number of nitrogens with zero attached hydrogens (tertiary/aromatic N) is 2. The van der Waals surface area contributed by atoms with Crippen LogP contribution in [0.4, 0.5) is 11.5 Å². The number of carbonyl (C=O) groups excluding carboxylic acids is 2. The number of carbonyl (C=O) groups is 2. The highest BCUT2D eigenvalue weighted by Gasteiger charge is 2.36. The smallest absolute Gasteiger partial charge is 0.251 e. The largest absolute Gasteiger partial charge is 0.493 e. The van der Waals surface area contributed by atoms with Gasteiger partial charge in [0, 0.05) is 11.3 Å². The Morgan fingerprint density at radius 3 is 2.57 bits per heavy atom. The minimum absolute atomic E-state index is 0.0137. The molecule has 30 heavy (non-hydrogen) atoms. The molecule has 0 saturated heterocycles. The summed E-state index contributed by atoms with van der Waals surface area (Å²) in [4.78, 5) is 25.1. The number of para-hydroxylation sites is 1. The highest BCUT2D eigenvalue weighted by molar-refractivity contribution is 6.04. The summed E-state index contributed by atoms with van der Waals surface area (Å²) in [5.41, 5.74) is 3.05. The SMILES string of the molecule is COc1ccc(-c2c(C)nn3c2NC(=O)C3CC(=O)Nc2ccccc2)cc1OC. The Morgan fingerprint density at radius 2 is 1.87 bits per heavy atom. The molecule has 0 saturated carbocycles. The lowest BCUT2D eigenvalue weighted by Gasteiger charge is -2.10. The van der Waals surface area contributed by atoms with E-state index in [1.165, 1.54) is 0 Å². The third-order valence-corrected chi connectivity index (χ3v) is 5.03. The number of rotatable bonds is 6. The Labute approximate surface area is 173 Å². The number of benzene rings is 2. The molecule has 0 aliphatic carbocycles. The van der Waals surface area contributed by atoms with Crippen LogP contribution in [-0.4, -0.2) is 35.8 Å². The van der Waals surface area contributed by atoms with Gasteiger partial charge in [0.2, 0.25) is 5.91 Å². The van der Waals surface area contributed by atoms with Crippen LogP contribution in [0, 0.1) is 6.92 Å². The predicted octanol–water partition coefficient (Wildman–Crippen LogP) is 3.40. The summed E-state index contributed by atoms with van der Waals surface area (Å²) in [5, 5.41) is 10.2. The second-order valence-corrected chi connectivity index (χ2v) is 6.95. The average Bonchev–Trinajstić information content (AvgIpc) is 3.21. The molecule has 0 fully saturated rings. The lowest BCUT2D eigenvalue weighted by Crippen LogP contribution is -2.23. The van der Waals surface area contributed by atoms with Gasteiger partial charge in [0.25, 0.3) is 5.91 Å². The summed E-state index contributed by atoms with van der Waals surface area (Å²) >= 11 is 0. The van der Waals surface area contributed by atoms with Gasteiger partial charge in [-0.05, 0) is 36.8 Å².